The van der Waals surface area contributed by atoms with Crippen molar-refractivity contribution in [2.75, 3.05) is 6.61 Å². The zero-order valence-electron chi connectivity index (χ0n) is 17.6. The lowest BCUT2D eigenvalue weighted by molar-refractivity contribution is 0.0228. The van der Waals surface area contributed by atoms with Gasteiger partial charge in [0.1, 0.15) is 6.61 Å². The molecule has 0 N–H and O–H groups in total. The van der Waals surface area contributed by atoms with Crippen LogP contribution in [0.1, 0.15) is 44.9 Å². The maximum Gasteiger partial charge on any atom is 0.338 e. The summed E-state index contributed by atoms with van der Waals surface area (Å²) in [6.07, 6.45) is 0. The molecule has 5 heteroatoms. The van der Waals surface area contributed by atoms with Crippen LogP contribution in [0.5, 0.6) is 0 Å². The number of hydrogen-bond acceptors (Lipinski definition) is 4. The number of benzene rings is 3. The van der Waals surface area contributed by atoms with E-state index in [2.05, 4.69) is 0 Å². The SMILES string of the molecule is CC(C)[C@H](COC(=O)c1ccccc1)N(C(=O)c1ccccc1)C(=O)c1ccccc1. The monoisotopic (exact) mass is 415 g/mol. The molecule has 31 heavy (non-hydrogen) atoms. The molecule has 0 saturated carbocycles. The quantitative estimate of drug-likeness (QED) is 0.409. The Morgan fingerprint density at radius 2 is 1.06 bits per heavy atom. The lowest BCUT2D eigenvalue weighted by Gasteiger charge is -2.32. The van der Waals surface area contributed by atoms with Gasteiger partial charge in [0.25, 0.3) is 11.8 Å². The van der Waals surface area contributed by atoms with Crippen molar-refractivity contribution in [1.29, 1.82) is 0 Å². The number of esters is 1. The van der Waals surface area contributed by atoms with Gasteiger partial charge >= 0.3 is 5.97 Å². The Labute approximate surface area is 182 Å². The highest BCUT2D eigenvalue weighted by molar-refractivity contribution is 6.10. The molecule has 0 aliphatic heterocycles. The number of nitrogens with zero attached hydrogens (tertiary/aromatic N) is 1. The minimum absolute atomic E-state index is 0.0947. The molecule has 0 radical (unpaired) electrons. The van der Waals surface area contributed by atoms with E-state index in [1.54, 1.807) is 72.8 Å². The van der Waals surface area contributed by atoms with Crippen LogP contribution in [0.4, 0.5) is 0 Å². The van der Waals surface area contributed by atoms with Crippen LogP contribution in [0.2, 0.25) is 0 Å². The third-order valence-corrected chi connectivity index (χ3v) is 4.97. The molecule has 0 heterocycles. The van der Waals surface area contributed by atoms with Gasteiger partial charge in [0.2, 0.25) is 0 Å². The van der Waals surface area contributed by atoms with E-state index in [-0.39, 0.29) is 12.5 Å². The van der Waals surface area contributed by atoms with Gasteiger partial charge in [-0.3, -0.25) is 14.5 Å². The summed E-state index contributed by atoms with van der Waals surface area (Å²) in [6.45, 7) is 3.69. The van der Waals surface area contributed by atoms with Crippen LogP contribution in [-0.4, -0.2) is 35.3 Å². The predicted molar refractivity (Wildman–Crippen MR) is 119 cm³/mol. The molecule has 0 spiro atoms. The maximum atomic E-state index is 13.4. The average molecular weight is 415 g/mol. The van der Waals surface area contributed by atoms with E-state index in [0.717, 1.165) is 0 Å². The Bertz CT molecular complexity index is 966. The van der Waals surface area contributed by atoms with Gasteiger partial charge < -0.3 is 4.74 Å². The molecule has 0 aromatic heterocycles. The van der Waals surface area contributed by atoms with Gasteiger partial charge in [0, 0.05) is 11.1 Å². The zero-order chi connectivity index (χ0) is 22.2. The molecular formula is C26H25NO4. The minimum Gasteiger partial charge on any atom is -0.460 e. The van der Waals surface area contributed by atoms with Crippen LogP contribution in [0.25, 0.3) is 0 Å². The highest BCUT2D eigenvalue weighted by atomic mass is 16.5. The molecule has 0 fully saturated rings. The Hall–Kier alpha value is -3.73. The molecule has 0 saturated heterocycles. The summed E-state index contributed by atoms with van der Waals surface area (Å²) < 4.78 is 5.52. The van der Waals surface area contributed by atoms with Crippen molar-refractivity contribution < 1.29 is 19.1 Å². The lowest BCUT2D eigenvalue weighted by Crippen LogP contribution is -2.49. The van der Waals surface area contributed by atoms with E-state index in [9.17, 15) is 14.4 Å². The number of carbonyl (C=O) groups is 3. The third kappa shape index (κ3) is 5.45. The number of imide groups is 1. The van der Waals surface area contributed by atoms with Gasteiger partial charge in [-0.1, -0.05) is 68.4 Å². The van der Waals surface area contributed by atoms with Crippen LogP contribution < -0.4 is 0 Å². The first-order chi connectivity index (χ1) is 15.0. The normalized spacial score (nSPS) is 11.6. The molecular weight excluding hydrogens is 390 g/mol. The van der Waals surface area contributed by atoms with E-state index in [1.165, 1.54) is 4.90 Å². The molecule has 0 aliphatic rings. The van der Waals surface area contributed by atoms with Crippen molar-refractivity contribution in [2.45, 2.75) is 19.9 Å². The Morgan fingerprint density at radius 3 is 1.45 bits per heavy atom. The molecule has 5 nitrogen and oxygen atoms in total. The second-order valence-electron chi connectivity index (χ2n) is 7.49. The van der Waals surface area contributed by atoms with Gasteiger partial charge in [-0.15, -0.1) is 0 Å². The highest BCUT2D eigenvalue weighted by Crippen LogP contribution is 2.20. The average Bonchev–Trinajstić information content (AvgIpc) is 2.82. The maximum absolute atomic E-state index is 13.4. The Balaban J connectivity index is 1.91. The van der Waals surface area contributed by atoms with Gasteiger partial charge in [0.15, 0.2) is 0 Å². The number of amides is 2. The molecule has 3 aromatic carbocycles. The minimum atomic E-state index is -0.631. The third-order valence-electron chi connectivity index (χ3n) is 4.97. The smallest absolute Gasteiger partial charge is 0.338 e. The summed E-state index contributed by atoms with van der Waals surface area (Å²) in [6, 6.07) is 25.3. The van der Waals surface area contributed by atoms with Crippen molar-refractivity contribution in [2.24, 2.45) is 5.92 Å². The standard InChI is InChI=1S/C26H25NO4/c1-19(2)23(18-31-26(30)22-16-10-5-11-17-22)27(24(28)20-12-6-3-7-13-20)25(29)21-14-8-4-9-15-21/h3-17,19,23H,18H2,1-2H3/t23-/m0/s1. The summed E-state index contributed by atoms with van der Waals surface area (Å²) in [5.74, 6) is -1.48. The first kappa shape index (κ1) is 22.0. The van der Waals surface area contributed by atoms with Crippen LogP contribution in [0.3, 0.4) is 0 Å². The van der Waals surface area contributed by atoms with Gasteiger partial charge in [-0.2, -0.15) is 0 Å². The van der Waals surface area contributed by atoms with Crippen molar-refractivity contribution in [3.63, 3.8) is 0 Å². The van der Waals surface area contributed by atoms with E-state index >= 15 is 0 Å². The van der Waals surface area contributed by atoms with Crippen molar-refractivity contribution in [1.82, 2.24) is 4.90 Å². The number of hydrogen-bond donors (Lipinski definition) is 0. The van der Waals surface area contributed by atoms with Gasteiger partial charge in [-0.05, 0) is 42.3 Å². The van der Waals surface area contributed by atoms with Crippen LogP contribution >= 0.6 is 0 Å². The molecule has 1 atom stereocenters. The number of rotatable bonds is 7. The Kier molecular flexibility index (Phi) is 7.33. The van der Waals surface area contributed by atoms with Crippen molar-refractivity contribution in [3.05, 3.63) is 108 Å². The fourth-order valence-electron chi connectivity index (χ4n) is 3.22. The fraction of sp³-hybridized carbons (Fsp3) is 0.192. The predicted octanol–water partition coefficient (Wildman–Crippen LogP) is 4.85. The molecule has 0 unspecified atom stereocenters. The van der Waals surface area contributed by atoms with Crippen molar-refractivity contribution >= 4 is 17.8 Å². The van der Waals surface area contributed by atoms with Crippen LogP contribution in [-0.2, 0) is 4.74 Å². The van der Waals surface area contributed by atoms with Crippen molar-refractivity contribution in [3.8, 4) is 0 Å². The highest BCUT2D eigenvalue weighted by Gasteiger charge is 2.34. The molecule has 0 bridgehead atoms. The van der Waals surface area contributed by atoms with Crippen LogP contribution in [0, 0.1) is 5.92 Å². The summed E-state index contributed by atoms with van der Waals surface area (Å²) in [7, 11) is 0. The molecule has 0 aliphatic carbocycles. The molecule has 3 aromatic rings. The first-order valence-corrected chi connectivity index (χ1v) is 10.2. The van der Waals surface area contributed by atoms with E-state index in [1.807, 2.05) is 32.0 Å². The Morgan fingerprint density at radius 1 is 0.677 bits per heavy atom. The van der Waals surface area contributed by atoms with E-state index in [4.69, 9.17) is 4.74 Å². The summed E-state index contributed by atoms with van der Waals surface area (Å²) in [4.78, 5) is 40.4. The van der Waals surface area contributed by atoms with E-state index < -0.39 is 23.8 Å². The largest absolute Gasteiger partial charge is 0.460 e. The second kappa shape index (κ2) is 10.3. The van der Waals surface area contributed by atoms with Gasteiger partial charge in [-0.25, -0.2) is 4.79 Å². The van der Waals surface area contributed by atoms with E-state index in [0.29, 0.717) is 16.7 Å². The first-order valence-electron chi connectivity index (χ1n) is 10.2. The molecule has 3 rings (SSSR count). The number of carbonyl (C=O) groups excluding carboxylic acids is 3. The lowest BCUT2D eigenvalue weighted by atomic mass is 10.0. The van der Waals surface area contributed by atoms with Gasteiger partial charge in [0.05, 0.1) is 11.6 Å². The second-order valence-corrected chi connectivity index (χ2v) is 7.49. The molecule has 2 amide bonds. The number of ether oxygens (including phenoxy) is 1. The zero-order valence-corrected chi connectivity index (χ0v) is 17.6. The molecule has 158 valence electrons. The summed E-state index contributed by atoms with van der Waals surface area (Å²) in [5, 5.41) is 0. The topological polar surface area (TPSA) is 63.7 Å². The fourth-order valence-corrected chi connectivity index (χ4v) is 3.22. The van der Waals surface area contributed by atoms with Crippen LogP contribution in [0.15, 0.2) is 91.0 Å². The summed E-state index contributed by atoms with van der Waals surface area (Å²) in [5.41, 5.74) is 1.21. The summed E-state index contributed by atoms with van der Waals surface area (Å²) >= 11 is 0.